The number of hydrogen-bond acceptors (Lipinski definition) is 4. The molecule has 5 fully saturated rings. The van der Waals surface area contributed by atoms with Crippen molar-refractivity contribution in [2.24, 2.45) is 29.1 Å². The first-order valence-electron chi connectivity index (χ1n) is 13.3. The average Bonchev–Trinajstić information content (AvgIpc) is 3.61. The van der Waals surface area contributed by atoms with Crippen LogP contribution in [0.2, 0.25) is 0 Å². The zero-order chi connectivity index (χ0) is 22.3. The van der Waals surface area contributed by atoms with Gasteiger partial charge < -0.3 is 19.9 Å². The van der Waals surface area contributed by atoms with E-state index in [2.05, 4.69) is 12.2 Å². The molecule has 0 aromatic rings. The molecule has 3 aliphatic carbocycles. The van der Waals surface area contributed by atoms with Gasteiger partial charge in [-0.2, -0.15) is 0 Å². The predicted molar refractivity (Wildman–Crippen MR) is 124 cm³/mol. The Bertz CT molecular complexity index is 700. The van der Waals surface area contributed by atoms with Crippen LogP contribution in [-0.2, 0) is 14.3 Å². The van der Waals surface area contributed by atoms with E-state index >= 15 is 0 Å². The topological polar surface area (TPSA) is 61.9 Å². The summed E-state index contributed by atoms with van der Waals surface area (Å²) in [5.74, 6) is 2.81. The molecule has 3 saturated carbocycles. The normalized spacial score (nSPS) is 39.3. The second-order valence-electron chi connectivity index (χ2n) is 11.7. The maximum atomic E-state index is 13.4. The summed E-state index contributed by atoms with van der Waals surface area (Å²) >= 11 is 0. The number of ether oxygens (including phenoxy) is 1. The van der Waals surface area contributed by atoms with Gasteiger partial charge in [-0.3, -0.25) is 9.59 Å². The number of methoxy groups -OCH3 is 1. The molecule has 6 heteroatoms. The lowest BCUT2D eigenvalue weighted by molar-refractivity contribution is -0.149. The van der Waals surface area contributed by atoms with Crippen LogP contribution in [0.1, 0.15) is 71.1 Å². The molecule has 1 N–H and O–H groups in total. The summed E-state index contributed by atoms with van der Waals surface area (Å²) in [6.07, 6.45) is 12.1. The van der Waals surface area contributed by atoms with Gasteiger partial charge in [0.25, 0.3) is 0 Å². The van der Waals surface area contributed by atoms with Crippen molar-refractivity contribution < 1.29 is 14.3 Å². The predicted octanol–water partition coefficient (Wildman–Crippen LogP) is 3.06. The van der Waals surface area contributed by atoms with Crippen LogP contribution in [0, 0.1) is 29.1 Å². The molecule has 6 unspecified atom stereocenters. The van der Waals surface area contributed by atoms with Crippen LogP contribution in [0.5, 0.6) is 0 Å². The number of amides is 2. The number of nitrogens with one attached hydrogen (secondary N) is 1. The fourth-order valence-corrected chi connectivity index (χ4v) is 7.17. The Morgan fingerprint density at radius 1 is 0.875 bits per heavy atom. The molecule has 2 aliphatic heterocycles. The lowest BCUT2D eigenvalue weighted by atomic mass is 9.67. The lowest BCUT2D eigenvalue weighted by Gasteiger charge is -2.46. The van der Waals surface area contributed by atoms with E-state index in [0.29, 0.717) is 38.0 Å². The van der Waals surface area contributed by atoms with Crippen LogP contribution in [0.3, 0.4) is 0 Å². The Labute approximate surface area is 193 Å². The van der Waals surface area contributed by atoms with Crippen LogP contribution >= 0.6 is 0 Å². The Hall–Kier alpha value is -1.14. The molecule has 2 saturated heterocycles. The Morgan fingerprint density at radius 2 is 1.59 bits per heavy atom. The van der Waals surface area contributed by atoms with E-state index < -0.39 is 0 Å². The molecule has 32 heavy (non-hydrogen) atoms. The van der Waals surface area contributed by atoms with Crippen LogP contribution in [0.25, 0.3) is 0 Å². The summed E-state index contributed by atoms with van der Waals surface area (Å²) in [5, 5.41) is 3.87. The van der Waals surface area contributed by atoms with E-state index in [9.17, 15) is 9.59 Å². The van der Waals surface area contributed by atoms with Crippen molar-refractivity contribution in [3.63, 3.8) is 0 Å². The quantitative estimate of drug-likeness (QED) is 0.723. The minimum atomic E-state index is -0.114. The second kappa shape index (κ2) is 9.25. The largest absolute Gasteiger partial charge is 0.381 e. The van der Waals surface area contributed by atoms with Crippen LogP contribution < -0.4 is 5.32 Å². The van der Waals surface area contributed by atoms with E-state index in [1.165, 1.54) is 32.1 Å². The number of nitrogens with zero attached hydrogens (tertiary/aromatic N) is 2. The minimum Gasteiger partial charge on any atom is -0.381 e. The van der Waals surface area contributed by atoms with E-state index in [1.807, 2.05) is 9.80 Å². The third kappa shape index (κ3) is 4.46. The molecule has 6 atom stereocenters. The first-order chi connectivity index (χ1) is 15.5. The first kappa shape index (κ1) is 22.6. The lowest BCUT2D eigenvalue weighted by Crippen LogP contribution is -2.55. The van der Waals surface area contributed by atoms with Crippen molar-refractivity contribution in [2.75, 3.05) is 39.8 Å². The highest BCUT2D eigenvalue weighted by molar-refractivity contribution is 5.85. The summed E-state index contributed by atoms with van der Waals surface area (Å²) in [7, 11) is 1.79. The smallest absolute Gasteiger partial charge is 0.228 e. The van der Waals surface area contributed by atoms with Crippen molar-refractivity contribution in [1.29, 1.82) is 0 Å². The highest BCUT2D eigenvalue weighted by Gasteiger charge is 2.48. The zero-order valence-corrected chi connectivity index (χ0v) is 20.2. The number of piperazine rings is 1. The monoisotopic (exact) mass is 445 g/mol. The van der Waals surface area contributed by atoms with E-state index in [1.54, 1.807) is 7.11 Å². The fraction of sp³-hybridized carbons (Fsp3) is 0.923. The highest BCUT2D eigenvalue weighted by atomic mass is 16.5. The molecule has 180 valence electrons. The van der Waals surface area contributed by atoms with Crippen LogP contribution in [-0.4, -0.2) is 73.6 Å². The number of carbonyl (C=O) groups excluding carboxylic acids is 2. The van der Waals surface area contributed by atoms with Gasteiger partial charge in [-0.15, -0.1) is 0 Å². The minimum absolute atomic E-state index is 0.0153. The van der Waals surface area contributed by atoms with Gasteiger partial charge in [-0.25, -0.2) is 0 Å². The number of fused-ring (bicyclic) bond motifs is 1. The third-order valence-corrected chi connectivity index (χ3v) is 9.67. The molecular formula is C26H43N3O3. The number of hydrogen-bond donors (Lipinski definition) is 1. The summed E-state index contributed by atoms with van der Waals surface area (Å²) in [6, 6.07) is 0.754. The van der Waals surface area contributed by atoms with Gasteiger partial charge in [0, 0.05) is 44.7 Å². The van der Waals surface area contributed by atoms with Gasteiger partial charge in [0.1, 0.15) is 0 Å². The summed E-state index contributed by atoms with van der Waals surface area (Å²) < 4.78 is 5.92. The first-order valence-corrected chi connectivity index (χ1v) is 13.3. The zero-order valence-electron chi connectivity index (χ0n) is 20.2. The molecular weight excluding hydrogens is 402 g/mol. The van der Waals surface area contributed by atoms with Gasteiger partial charge >= 0.3 is 0 Å². The SMILES string of the molecule is COC1CC(C2CNC3CCCCC3C2)CCC1C(=O)N1CCN(C(=O)C2(C)CC2)CC1. The van der Waals surface area contributed by atoms with Crippen molar-refractivity contribution in [3.05, 3.63) is 0 Å². The number of piperidine rings is 1. The van der Waals surface area contributed by atoms with E-state index in [4.69, 9.17) is 4.74 Å². The van der Waals surface area contributed by atoms with Crippen molar-refractivity contribution in [1.82, 2.24) is 15.1 Å². The Morgan fingerprint density at radius 3 is 2.31 bits per heavy atom. The maximum Gasteiger partial charge on any atom is 0.228 e. The molecule has 0 spiro atoms. The summed E-state index contributed by atoms with van der Waals surface area (Å²) in [4.78, 5) is 30.0. The molecule has 0 bridgehead atoms. The molecule has 6 nitrogen and oxygen atoms in total. The van der Waals surface area contributed by atoms with E-state index in [-0.39, 0.29) is 23.3 Å². The van der Waals surface area contributed by atoms with Crippen LogP contribution in [0.15, 0.2) is 0 Å². The average molecular weight is 446 g/mol. The summed E-state index contributed by atoms with van der Waals surface area (Å²) in [5.41, 5.74) is -0.114. The fourth-order valence-electron chi connectivity index (χ4n) is 7.17. The number of carbonyl (C=O) groups is 2. The Balaban J connectivity index is 1.13. The standard InChI is InChI=1S/C26H43N3O3/c1-26(9-10-26)25(31)29-13-11-28(12-14-29)24(30)21-8-7-18(16-23(21)32-2)20-15-19-5-3-4-6-22(19)27-17-20/h18-23,27H,3-17H2,1-2H3. The molecule has 2 amide bonds. The molecule has 0 aromatic heterocycles. The molecule has 2 heterocycles. The van der Waals surface area contributed by atoms with Crippen molar-refractivity contribution in [2.45, 2.75) is 83.3 Å². The third-order valence-electron chi connectivity index (χ3n) is 9.67. The van der Waals surface area contributed by atoms with Crippen molar-refractivity contribution >= 4 is 11.8 Å². The van der Waals surface area contributed by atoms with Crippen LogP contribution in [0.4, 0.5) is 0 Å². The maximum absolute atomic E-state index is 13.4. The van der Waals surface area contributed by atoms with Gasteiger partial charge in [0.05, 0.1) is 12.0 Å². The van der Waals surface area contributed by atoms with Gasteiger partial charge in [0.2, 0.25) is 11.8 Å². The molecule has 5 rings (SSSR count). The van der Waals surface area contributed by atoms with Gasteiger partial charge in [0.15, 0.2) is 0 Å². The second-order valence-corrected chi connectivity index (χ2v) is 11.7. The highest BCUT2D eigenvalue weighted by Crippen LogP contribution is 2.47. The van der Waals surface area contributed by atoms with Gasteiger partial charge in [-0.05, 0) is 75.7 Å². The van der Waals surface area contributed by atoms with Gasteiger partial charge in [-0.1, -0.05) is 19.8 Å². The molecule has 5 aliphatic rings. The van der Waals surface area contributed by atoms with E-state index in [0.717, 1.165) is 56.5 Å². The molecule has 0 aromatic carbocycles. The molecule has 0 radical (unpaired) electrons. The summed E-state index contributed by atoms with van der Waals surface area (Å²) in [6.45, 7) is 5.94. The van der Waals surface area contributed by atoms with Crippen molar-refractivity contribution in [3.8, 4) is 0 Å². The Kier molecular flexibility index (Phi) is 6.54. The number of rotatable bonds is 4.